The van der Waals surface area contributed by atoms with E-state index in [2.05, 4.69) is 48.9 Å². The molecule has 1 aromatic heterocycles. The Kier molecular flexibility index (Phi) is 8.14. The van der Waals surface area contributed by atoms with Crippen LogP contribution in [0.15, 0.2) is 21.7 Å². The molecule has 1 aliphatic rings. The molecule has 0 atom stereocenters. The highest BCUT2D eigenvalue weighted by molar-refractivity contribution is 9.10. The van der Waals surface area contributed by atoms with Gasteiger partial charge in [0.05, 0.1) is 12.6 Å². The summed E-state index contributed by atoms with van der Waals surface area (Å²) >= 11 is 4.60. The Morgan fingerprint density at radius 3 is 2.80 bits per heavy atom. The Morgan fingerprint density at radius 1 is 1.20 bits per heavy atom. The van der Waals surface area contributed by atoms with Crippen LogP contribution in [-0.2, 0) is 16.0 Å². The second-order valence-corrected chi connectivity index (χ2v) is 8.47. The molecule has 11 heteroatoms. The minimum absolute atomic E-state index is 0.0175. The highest BCUT2D eigenvalue weighted by Gasteiger charge is 2.16. The standard InChI is InChI=1S/C19H22BrN5O4S/c1-2-3-4-5-6-16(26)22-19-25-24-18(30-19)9-17(27)23-21-10-12-7-14-15(8-13(12)20)29-11-28-14/h7-8,10H,2-6,9,11H2,1H3,(H,23,27)(H,22,25,26)/b21-10-. The number of amides is 2. The lowest BCUT2D eigenvalue weighted by molar-refractivity contribution is -0.120. The molecular weight excluding hydrogens is 474 g/mol. The minimum atomic E-state index is -0.336. The van der Waals surface area contributed by atoms with Gasteiger partial charge in [0.15, 0.2) is 11.5 Å². The molecule has 0 fully saturated rings. The fourth-order valence-corrected chi connectivity index (χ4v) is 3.83. The van der Waals surface area contributed by atoms with E-state index in [9.17, 15) is 9.59 Å². The highest BCUT2D eigenvalue weighted by Crippen LogP contribution is 2.36. The van der Waals surface area contributed by atoms with Crippen molar-refractivity contribution >= 4 is 50.4 Å². The van der Waals surface area contributed by atoms with Crippen molar-refractivity contribution in [2.45, 2.75) is 45.4 Å². The molecule has 2 N–H and O–H groups in total. The number of carbonyl (C=O) groups excluding carboxylic acids is 2. The topological polar surface area (TPSA) is 115 Å². The van der Waals surface area contributed by atoms with Crippen molar-refractivity contribution < 1.29 is 19.1 Å². The van der Waals surface area contributed by atoms with E-state index in [0.717, 1.165) is 35.7 Å². The van der Waals surface area contributed by atoms with Crippen LogP contribution in [0.25, 0.3) is 0 Å². The number of nitrogens with zero attached hydrogens (tertiary/aromatic N) is 3. The lowest BCUT2D eigenvalue weighted by Crippen LogP contribution is -2.19. The van der Waals surface area contributed by atoms with Crippen LogP contribution < -0.4 is 20.2 Å². The lowest BCUT2D eigenvalue weighted by Gasteiger charge is -2.01. The van der Waals surface area contributed by atoms with Crippen molar-refractivity contribution in [3.63, 3.8) is 0 Å². The van der Waals surface area contributed by atoms with E-state index in [0.29, 0.717) is 28.1 Å². The molecule has 2 heterocycles. The molecule has 30 heavy (non-hydrogen) atoms. The van der Waals surface area contributed by atoms with Gasteiger partial charge in [-0.1, -0.05) is 37.5 Å². The minimum Gasteiger partial charge on any atom is -0.454 e. The van der Waals surface area contributed by atoms with Crippen molar-refractivity contribution in [3.8, 4) is 11.5 Å². The molecule has 3 rings (SSSR count). The first kappa shape index (κ1) is 22.2. The fraction of sp³-hybridized carbons (Fsp3) is 0.421. The highest BCUT2D eigenvalue weighted by atomic mass is 79.9. The van der Waals surface area contributed by atoms with E-state index >= 15 is 0 Å². The summed E-state index contributed by atoms with van der Waals surface area (Å²) in [6.07, 6.45) is 6.12. The van der Waals surface area contributed by atoms with Crippen LogP contribution in [0.5, 0.6) is 11.5 Å². The van der Waals surface area contributed by atoms with E-state index in [4.69, 9.17) is 9.47 Å². The van der Waals surface area contributed by atoms with Gasteiger partial charge in [0, 0.05) is 16.5 Å². The summed E-state index contributed by atoms with van der Waals surface area (Å²) < 4.78 is 11.4. The van der Waals surface area contributed by atoms with Gasteiger partial charge >= 0.3 is 0 Å². The second kappa shape index (κ2) is 11.0. The molecule has 0 aliphatic carbocycles. The molecular formula is C19H22BrN5O4S. The zero-order valence-electron chi connectivity index (χ0n) is 16.4. The monoisotopic (exact) mass is 495 g/mol. The third-order valence-electron chi connectivity index (χ3n) is 4.17. The first-order valence-corrected chi connectivity index (χ1v) is 11.2. The molecule has 9 nitrogen and oxygen atoms in total. The number of aromatic nitrogens is 2. The first-order chi connectivity index (χ1) is 14.5. The van der Waals surface area contributed by atoms with Gasteiger partial charge in [-0.25, -0.2) is 5.43 Å². The molecule has 0 saturated carbocycles. The van der Waals surface area contributed by atoms with E-state index in [1.165, 1.54) is 17.6 Å². The van der Waals surface area contributed by atoms with E-state index in [1.54, 1.807) is 12.1 Å². The zero-order chi connectivity index (χ0) is 21.3. The normalized spacial score (nSPS) is 12.3. The number of hydrazone groups is 1. The summed E-state index contributed by atoms with van der Waals surface area (Å²) in [6.45, 7) is 2.31. The van der Waals surface area contributed by atoms with Gasteiger partial charge in [0.2, 0.25) is 23.7 Å². The first-order valence-electron chi connectivity index (χ1n) is 9.58. The van der Waals surface area contributed by atoms with Crippen LogP contribution in [0.2, 0.25) is 0 Å². The summed E-state index contributed by atoms with van der Waals surface area (Å²) in [5, 5.41) is 15.4. The number of anilines is 1. The van der Waals surface area contributed by atoms with Crippen LogP contribution in [0.1, 0.15) is 49.6 Å². The Balaban J connectivity index is 1.44. The summed E-state index contributed by atoms with van der Waals surface area (Å²) in [4.78, 5) is 24.0. The smallest absolute Gasteiger partial charge is 0.247 e. The molecule has 0 radical (unpaired) electrons. The van der Waals surface area contributed by atoms with E-state index in [-0.39, 0.29) is 25.0 Å². The number of halogens is 1. The van der Waals surface area contributed by atoms with E-state index in [1.807, 2.05) is 0 Å². The van der Waals surface area contributed by atoms with Gasteiger partial charge in [-0.3, -0.25) is 9.59 Å². The molecule has 0 spiro atoms. The predicted molar refractivity (Wildman–Crippen MR) is 117 cm³/mol. The zero-order valence-corrected chi connectivity index (χ0v) is 18.8. The van der Waals surface area contributed by atoms with Crippen LogP contribution in [-0.4, -0.2) is 35.0 Å². The second-order valence-electron chi connectivity index (χ2n) is 6.56. The summed E-state index contributed by atoms with van der Waals surface area (Å²) in [6, 6.07) is 3.55. The quantitative estimate of drug-likeness (QED) is 0.295. The third kappa shape index (κ3) is 6.49. The van der Waals surface area contributed by atoms with Crippen LogP contribution >= 0.6 is 27.3 Å². The Hall–Kier alpha value is -2.53. The molecule has 2 aromatic rings. The Labute approximate surface area is 186 Å². The number of hydrogen-bond donors (Lipinski definition) is 2. The number of fused-ring (bicyclic) bond motifs is 1. The van der Waals surface area contributed by atoms with Crippen LogP contribution in [0.4, 0.5) is 5.13 Å². The average molecular weight is 496 g/mol. The summed E-state index contributed by atoms with van der Waals surface area (Å²) in [7, 11) is 0. The molecule has 1 aromatic carbocycles. The SMILES string of the molecule is CCCCCCC(=O)Nc1nnc(CC(=O)N/N=C\c2cc3c(cc2Br)OCO3)s1. The van der Waals surface area contributed by atoms with Gasteiger partial charge in [0.1, 0.15) is 5.01 Å². The average Bonchev–Trinajstić information content (AvgIpc) is 3.34. The number of carbonyl (C=O) groups is 2. The van der Waals surface area contributed by atoms with Crippen LogP contribution in [0, 0.1) is 0 Å². The Morgan fingerprint density at radius 2 is 2.00 bits per heavy atom. The molecule has 0 saturated heterocycles. The van der Waals surface area contributed by atoms with E-state index < -0.39 is 0 Å². The van der Waals surface area contributed by atoms with Gasteiger partial charge in [-0.2, -0.15) is 5.10 Å². The van der Waals surface area contributed by atoms with Crippen molar-refractivity contribution in [2.75, 3.05) is 12.1 Å². The summed E-state index contributed by atoms with van der Waals surface area (Å²) in [5.41, 5.74) is 3.19. The maximum atomic E-state index is 12.1. The maximum Gasteiger partial charge on any atom is 0.247 e. The molecule has 1 aliphatic heterocycles. The van der Waals surface area contributed by atoms with Gasteiger partial charge in [-0.05, 0) is 34.5 Å². The fourth-order valence-electron chi connectivity index (χ4n) is 2.65. The molecule has 0 unspecified atom stereocenters. The van der Waals surface area contributed by atoms with Crippen molar-refractivity contribution in [1.29, 1.82) is 0 Å². The number of unbranched alkanes of at least 4 members (excludes halogenated alkanes) is 3. The van der Waals surface area contributed by atoms with Crippen molar-refractivity contribution in [3.05, 3.63) is 27.2 Å². The number of nitrogens with one attached hydrogen (secondary N) is 2. The largest absolute Gasteiger partial charge is 0.454 e. The number of ether oxygens (including phenoxy) is 2. The number of hydrogen-bond acceptors (Lipinski definition) is 8. The molecule has 2 amide bonds. The maximum absolute atomic E-state index is 12.1. The lowest BCUT2D eigenvalue weighted by atomic mass is 10.1. The van der Waals surface area contributed by atoms with Crippen LogP contribution in [0.3, 0.4) is 0 Å². The molecule has 160 valence electrons. The van der Waals surface area contributed by atoms with Gasteiger partial charge in [0.25, 0.3) is 0 Å². The molecule has 0 bridgehead atoms. The third-order valence-corrected chi connectivity index (χ3v) is 5.69. The van der Waals surface area contributed by atoms with Gasteiger partial charge < -0.3 is 14.8 Å². The Bertz CT molecular complexity index is 934. The van der Waals surface area contributed by atoms with Crippen molar-refractivity contribution in [2.24, 2.45) is 5.10 Å². The van der Waals surface area contributed by atoms with Gasteiger partial charge in [-0.15, -0.1) is 10.2 Å². The predicted octanol–water partition coefficient (Wildman–Crippen LogP) is 3.63. The number of rotatable bonds is 10. The summed E-state index contributed by atoms with van der Waals surface area (Å²) in [5.74, 6) is 0.858. The number of benzene rings is 1. The van der Waals surface area contributed by atoms with Crippen molar-refractivity contribution in [1.82, 2.24) is 15.6 Å².